The molecule has 1 aromatic heterocycles. The summed E-state index contributed by atoms with van der Waals surface area (Å²) in [5.41, 5.74) is 2.82. The summed E-state index contributed by atoms with van der Waals surface area (Å²) < 4.78 is 5.84. The second-order valence-electron chi connectivity index (χ2n) is 6.40. The van der Waals surface area contributed by atoms with E-state index in [1.165, 1.54) is 0 Å². The molecule has 4 nitrogen and oxygen atoms in total. The first-order valence-electron chi connectivity index (χ1n) is 8.73. The molecule has 138 valence electrons. The van der Waals surface area contributed by atoms with Crippen molar-refractivity contribution in [3.63, 3.8) is 0 Å². The maximum atomic E-state index is 12.7. The lowest BCUT2D eigenvalue weighted by molar-refractivity contribution is 0.101. The molecule has 4 aromatic rings. The topological polar surface area (TPSA) is 59.3 Å². The van der Waals surface area contributed by atoms with Gasteiger partial charge in [0.15, 0.2) is 5.76 Å². The molecule has 0 unspecified atom stereocenters. The molecule has 0 atom stereocenters. The lowest BCUT2D eigenvalue weighted by Crippen LogP contribution is -2.12. The standard InChI is InChI=1S/C23H16ClNO3/c1-14-17-12-11-16(25-23(27)18-9-5-6-10-19(18)24)13-20(17)28-22(14)21(26)15-7-3-2-4-8-15/h2-13H,1H3,(H,25,27). The van der Waals surface area contributed by atoms with Gasteiger partial charge in [0.1, 0.15) is 5.58 Å². The van der Waals surface area contributed by atoms with Crippen molar-refractivity contribution in [2.45, 2.75) is 6.92 Å². The van der Waals surface area contributed by atoms with Crippen LogP contribution in [0.4, 0.5) is 5.69 Å². The highest BCUT2D eigenvalue weighted by molar-refractivity contribution is 6.34. The van der Waals surface area contributed by atoms with Gasteiger partial charge < -0.3 is 9.73 Å². The van der Waals surface area contributed by atoms with Gasteiger partial charge in [0.05, 0.1) is 10.6 Å². The SMILES string of the molecule is Cc1c(C(=O)c2ccccc2)oc2cc(NC(=O)c3ccccc3Cl)ccc12. The van der Waals surface area contributed by atoms with Crippen LogP contribution in [0.5, 0.6) is 0 Å². The number of fused-ring (bicyclic) bond motifs is 1. The Labute approximate surface area is 166 Å². The Hall–Kier alpha value is -3.37. The van der Waals surface area contributed by atoms with Gasteiger partial charge in [-0.25, -0.2) is 0 Å². The zero-order chi connectivity index (χ0) is 19.7. The Balaban J connectivity index is 1.66. The van der Waals surface area contributed by atoms with Crippen molar-refractivity contribution in [1.29, 1.82) is 0 Å². The van der Waals surface area contributed by atoms with E-state index in [1.54, 1.807) is 48.5 Å². The first-order valence-corrected chi connectivity index (χ1v) is 9.11. The van der Waals surface area contributed by atoms with E-state index in [0.29, 0.717) is 33.2 Å². The molecule has 0 aliphatic heterocycles. The maximum Gasteiger partial charge on any atom is 0.257 e. The van der Waals surface area contributed by atoms with E-state index in [0.717, 1.165) is 10.9 Å². The van der Waals surface area contributed by atoms with Crippen molar-refractivity contribution in [2.24, 2.45) is 0 Å². The minimum absolute atomic E-state index is 0.170. The van der Waals surface area contributed by atoms with Crippen LogP contribution in [0, 0.1) is 6.92 Å². The molecule has 0 aliphatic carbocycles. The number of nitrogens with one attached hydrogen (secondary N) is 1. The van der Waals surface area contributed by atoms with Crippen LogP contribution in [-0.4, -0.2) is 11.7 Å². The zero-order valence-corrected chi connectivity index (χ0v) is 15.8. The summed E-state index contributed by atoms with van der Waals surface area (Å²) in [6, 6.07) is 21.1. The number of rotatable bonds is 4. The van der Waals surface area contributed by atoms with Crippen LogP contribution in [0.2, 0.25) is 5.02 Å². The number of halogens is 1. The molecule has 0 aliphatic rings. The molecule has 0 bridgehead atoms. The third-order valence-electron chi connectivity index (χ3n) is 4.56. The summed E-state index contributed by atoms with van der Waals surface area (Å²) in [4.78, 5) is 25.2. The molecular formula is C23H16ClNO3. The van der Waals surface area contributed by atoms with Crippen molar-refractivity contribution >= 4 is 39.9 Å². The van der Waals surface area contributed by atoms with Crippen molar-refractivity contribution in [1.82, 2.24) is 0 Å². The summed E-state index contributed by atoms with van der Waals surface area (Å²) >= 11 is 6.08. The molecule has 0 saturated carbocycles. The van der Waals surface area contributed by atoms with Gasteiger partial charge >= 0.3 is 0 Å². The minimum atomic E-state index is -0.311. The highest BCUT2D eigenvalue weighted by Crippen LogP contribution is 2.29. The molecule has 0 fully saturated rings. The first kappa shape index (κ1) is 18.0. The molecule has 3 aromatic carbocycles. The first-order chi connectivity index (χ1) is 13.5. The van der Waals surface area contributed by atoms with Crippen molar-refractivity contribution in [3.8, 4) is 0 Å². The molecule has 0 spiro atoms. The van der Waals surface area contributed by atoms with Crippen LogP contribution in [-0.2, 0) is 0 Å². The Kier molecular flexibility index (Phi) is 4.72. The number of furan rings is 1. The number of benzene rings is 3. The quantitative estimate of drug-likeness (QED) is 0.443. The van der Waals surface area contributed by atoms with Gasteiger partial charge in [-0.1, -0.05) is 54.1 Å². The molecule has 28 heavy (non-hydrogen) atoms. The second-order valence-corrected chi connectivity index (χ2v) is 6.80. The Morgan fingerprint density at radius 3 is 2.39 bits per heavy atom. The highest BCUT2D eigenvalue weighted by atomic mass is 35.5. The van der Waals surface area contributed by atoms with Crippen LogP contribution < -0.4 is 5.32 Å². The number of hydrogen-bond donors (Lipinski definition) is 1. The van der Waals surface area contributed by atoms with Gasteiger partial charge in [0.2, 0.25) is 5.78 Å². The van der Waals surface area contributed by atoms with Gasteiger partial charge in [0.25, 0.3) is 5.91 Å². The number of anilines is 1. The third kappa shape index (κ3) is 3.30. The Morgan fingerprint density at radius 1 is 0.929 bits per heavy atom. The normalized spacial score (nSPS) is 10.8. The number of ketones is 1. The maximum absolute atomic E-state index is 12.7. The Bertz CT molecular complexity index is 1200. The molecule has 5 heteroatoms. The molecule has 1 N–H and O–H groups in total. The van der Waals surface area contributed by atoms with E-state index < -0.39 is 0 Å². The summed E-state index contributed by atoms with van der Waals surface area (Å²) in [6.07, 6.45) is 0. The lowest BCUT2D eigenvalue weighted by atomic mass is 10.0. The lowest BCUT2D eigenvalue weighted by Gasteiger charge is -2.06. The van der Waals surface area contributed by atoms with E-state index in [1.807, 2.05) is 31.2 Å². The third-order valence-corrected chi connectivity index (χ3v) is 4.89. The summed E-state index contributed by atoms with van der Waals surface area (Å²) in [5, 5.41) is 4.02. The van der Waals surface area contributed by atoms with Gasteiger partial charge in [0, 0.05) is 28.3 Å². The van der Waals surface area contributed by atoms with Crippen LogP contribution in [0.1, 0.15) is 32.0 Å². The predicted octanol–water partition coefficient (Wildman–Crippen LogP) is 5.88. The average molecular weight is 390 g/mol. The largest absolute Gasteiger partial charge is 0.452 e. The zero-order valence-electron chi connectivity index (χ0n) is 15.0. The predicted molar refractivity (Wildman–Crippen MR) is 110 cm³/mol. The molecule has 0 saturated heterocycles. The van der Waals surface area contributed by atoms with Gasteiger partial charge in [-0.05, 0) is 31.2 Å². The van der Waals surface area contributed by atoms with Crippen LogP contribution in [0.3, 0.4) is 0 Å². The van der Waals surface area contributed by atoms with Gasteiger partial charge in [-0.3, -0.25) is 9.59 Å². The van der Waals surface area contributed by atoms with Crippen LogP contribution in [0.25, 0.3) is 11.0 Å². The fourth-order valence-electron chi connectivity index (χ4n) is 3.08. The molecule has 0 radical (unpaired) electrons. The highest BCUT2D eigenvalue weighted by Gasteiger charge is 2.19. The van der Waals surface area contributed by atoms with Crippen molar-refractivity contribution in [3.05, 3.63) is 100 Å². The van der Waals surface area contributed by atoms with E-state index in [9.17, 15) is 9.59 Å². The number of carbonyl (C=O) groups is 2. The van der Waals surface area contributed by atoms with E-state index in [2.05, 4.69) is 5.32 Å². The Morgan fingerprint density at radius 2 is 1.64 bits per heavy atom. The summed E-state index contributed by atoms with van der Waals surface area (Å²) in [5.74, 6) is -0.180. The molecular weight excluding hydrogens is 374 g/mol. The fraction of sp³-hybridized carbons (Fsp3) is 0.0435. The van der Waals surface area contributed by atoms with E-state index >= 15 is 0 Å². The fourth-order valence-corrected chi connectivity index (χ4v) is 3.31. The molecule has 1 heterocycles. The number of aryl methyl sites for hydroxylation is 1. The van der Waals surface area contributed by atoms with Crippen molar-refractivity contribution in [2.75, 3.05) is 5.32 Å². The number of amides is 1. The van der Waals surface area contributed by atoms with Crippen LogP contribution >= 0.6 is 11.6 Å². The van der Waals surface area contributed by atoms with E-state index in [-0.39, 0.29) is 11.7 Å². The summed E-state index contributed by atoms with van der Waals surface area (Å²) in [7, 11) is 0. The number of carbonyl (C=O) groups excluding carboxylic acids is 2. The summed E-state index contributed by atoms with van der Waals surface area (Å²) in [6.45, 7) is 1.85. The van der Waals surface area contributed by atoms with Gasteiger partial charge in [-0.2, -0.15) is 0 Å². The molecule has 4 rings (SSSR count). The van der Waals surface area contributed by atoms with E-state index in [4.69, 9.17) is 16.0 Å². The minimum Gasteiger partial charge on any atom is -0.452 e. The number of hydrogen-bond acceptors (Lipinski definition) is 3. The van der Waals surface area contributed by atoms with Crippen molar-refractivity contribution < 1.29 is 14.0 Å². The smallest absolute Gasteiger partial charge is 0.257 e. The average Bonchev–Trinajstić information content (AvgIpc) is 3.04. The molecule has 1 amide bonds. The second kappa shape index (κ2) is 7.33. The monoisotopic (exact) mass is 389 g/mol. The van der Waals surface area contributed by atoms with Crippen LogP contribution in [0.15, 0.2) is 77.2 Å². The van der Waals surface area contributed by atoms with Gasteiger partial charge in [-0.15, -0.1) is 0 Å².